The van der Waals surface area contributed by atoms with Crippen molar-refractivity contribution in [1.29, 1.82) is 0 Å². The third-order valence-corrected chi connectivity index (χ3v) is 2.00. The molecule has 13 heavy (non-hydrogen) atoms. The minimum absolute atomic E-state index is 0.667. The highest BCUT2D eigenvalue weighted by molar-refractivity contribution is 5.50. The third-order valence-electron chi connectivity index (χ3n) is 2.00. The molecule has 1 rings (SSSR count). The lowest BCUT2D eigenvalue weighted by Crippen LogP contribution is -1.98. The van der Waals surface area contributed by atoms with Crippen LogP contribution >= 0.6 is 0 Å². The van der Waals surface area contributed by atoms with Gasteiger partial charge in [-0.25, -0.2) is 0 Å². The average molecular weight is 180 g/mol. The van der Waals surface area contributed by atoms with E-state index in [0.717, 1.165) is 22.6 Å². The van der Waals surface area contributed by atoms with Crippen molar-refractivity contribution >= 4 is 0 Å². The summed E-state index contributed by atoms with van der Waals surface area (Å²) in [5.41, 5.74) is 2.22. The van der Waals surface area contributed by atoms with E-state index in [-0.39, 0.29) is 0 Å². The summed E-state index contributed by atoms with van der Waals surface area (Å²) in [5.74, 6) is 1.71. The summed E-state index contributed by atoms with van der Waals surface area (Å²) in [6, 6.07) is 4.08. The Morgan fingerprint density at radius 1 is 1.08 bits per heavy atom. The van der Waals surface area contributed by atoms with Crippen LogP contribution in [-0.4, -0.2) is 13.7 Å². The van der Waals surface area contributed by atoms with Crippen LogP contribution in [0.5, 0.6) is 11.5 Å². The summed E-state index contributed by atoms with van der Waals surface area (Å²) in [6.45, 7) is 6.68. The van der Waals surface area contributed by atoms with Crippen molar-refractivity contribution in [3.05, 3.63) is 23.3 Å². The number of hydrogen-bond donors (Lipinski definition) is 0. The Balaban J connectivity index is 3.18. The summed E-state index contributed by atoms with van der Waals surface area (Å²) < 4.78 is 10.8. The molecule has 0 amide bonds. The van der Waals surface area contributed by atoms with E-state index >= 15 is 0 Å². The number of benzene rings is 1. The Morgan fingerprint density at radius 2 is 1.62 bits per heavy atom. The molecule has 2 nitrogen and oxygen atoms in total. The maximum atomic E-state index is 5.51. The van der Waals surface area contributed by atoms with Gasteiger partial charge in [0.05, 0.1) is 13.7 Å². The predicted octanol–water partition coefficient (Wildman–Crippen LogP) is 2.71. The Morgan fingerprint density at radius 3 is 2.08 bits per heavy atom. The first-order valence-corrected chi connectivity index (χ1v) is 4.47. The number of rotatable bonds is 3. The maximum absolute atomic E-state index is 5.51. The molecular formula is C11H16O2. The van der Waals surface area contributed by atoms with Crippen molar-refractivity contribution in [2.24, 2.45) is 0 Å². The van der Waals surface area contributed by atoms with Crippen molar-refractivity contribution in [3.63, 3.8) is 0 Å². The minimum Gasteiger partial charge on any atom is -0.493 e. The van der Waals surface area contributed by atoms with Crippen molar-refractivity contribution in [2.75, 3.05) is 13.7 Å². The van der Waals surface area contributed by atoms with Crippen LogP contribution in [-0.2, 0) is 0 Å². The van der Waals surface area contributed by atoms with Crippen molar-refractivity contribution in [2.45, 2.75) is 20.8 Å². The summed E-state index contributed by atoms with van der Waals surface area (Å²) in [4.78, 5) is 0. The van der Waals surface area contributed by atoms with Gasteiger partial charge in [0.2, 0.25) is 0 Å². The molecule has 0 fully saturated rings. The van der Waals surface area contributed by atoms with Crippen LogP contribution in [0.1, 0.15) is 18.1 Å². The van der Waals surface area contributed by atoms with Crippen LogP contribution in [0.4, 0.5) is 0 Å². The van der Waals surface area contributed by atoms with Crippen molar-refractivity contribution in [1.82, 2.24) is 0 Å². The highest BCUT2D eigenvalue weighted by Gasteiger charge is 2.09. The lowest BCUT2D eigenvalue weighted by Gasteiger charge is -2.13. The second-order valence-corrected chi connectivity index (χ2v) is 2.99. The fourth-order valence-electron chi connectivity index (χ4n) is 1.34. The third kappa shape index (κ3) is 1.94. The molecule has 0 aromatic heterocycles. The lowest BCUT2D eigenvalue weighted by atomic mass is 10.1. The van der Waals surface area contributed by atoms with Gasteiger partial charge in [-0.2, -0.15) is 0 Å². The summed E-state index contributed by atoms with van der Waals surface area (Å²) in [7, 11) is 1.67. The molecule has 0 aliphatic heterocycles. The van der Waals surface area contributed by atoms with Crippen LogP contribution < -0.4 is 9.47 Å². The number of methoxy groups -OCH3 is 1. The van der Waals surface area contributed by atoms with E-state index in [9.17, 15) is 0 Å². The molecule has 0 atom stereocenters. The largest absolute Gasteiger partial charge is 0.493 e. The summed E-state index contributed by atoms with van der Waals surface area (Å²) in [6.07, 6.45) is 0. The molecule has 1 aromatic carbocycles. The van der Waals surface area contributed by atoms with Gasteiger partial charge in [0.15, 0.2) is 11.5 Å². The molecule has 0 heterocycles. The molecule has 0 saturated heterocycles. The van der Waals surface area contributed by atoms with E-state index in [1.807, 2.05) is 32.9 Å². The first kappa shape index (κ1) is 9.90. The van der Waals surface area contributed by atoms with E-state index < -0.39 is 0 Å². The Labute approximate surface area is 79.5 Å². The predicted molar refractivity (Wildman–Crippen MR) is 53.6 cm³/mol. The molecule has 0 aliphatic carbocycles. The van der Waals surface area contributed by atoms with Gasteiger partial charge in [-0.3, -0.25) is 0 Å². The van der Waals surface area contributed by atoms with Gasteiger partial charge in [0.1, 0.15) is 0 Å². The van der Waals surface area contributed by atoms with Crippen LogP contribution in [0.2, 0.25) is 0 Å². The van der Waals surface area contributed by atoms with E-state index in [0.29, 0.717) is 6.61 Å². The average Bonchev–Trinajstić information content (AvgIpc) is 2.12. The fraction of sp³-hybridized carbons (Fsp3) is 0.455. The smallest absolute Gasteiger partial charge is 0.164 e. The standard InChI is InChI=1S/C11H16O2/c1-5-13-11-9(3)7-6-8(2)10(11)12-4/h6-7H,5H2,1-4H3. The molecule has 0 unspecified atom stereocenters. The Kier molecular flexibility index (Phi) is 3.18. The first-order chi connectivity index (χ1) is 6.20. The van der Waals surface area contributed by atoms with Crippen molar-refractivity contribution < 1.29 is 9.47 Å². The molecule has 1 aromatic rings. The molecular weight excluding hydrogens is 164 g/mol. The monoisotopic (exact) mass is 180 g/mol. The number of aryl methyl sites for hydroxylation is 2. The van der Waals surface area contributed by atoms with Gasteiger partial charge in [0.25, 0.3) is 0 Å². The van der Waals surface area contributed by atoms with Crippen LogP contribution in [0.3, 0.4) is 0 Å². The van der Waals surface area contributed by atoms with Gasteiger partial charge in [-0.15, -0.1) is 0 Å². The molecule has 72 valence electrons. The number of hydrogen-bond acceptors (Lipinski definition) is 2. The van der Waals surface area contributed by atoms with Crippen LogP contribution in [0, 0.1) is 13.8 Å². The van der Waals surface area contributed by atoms with Gasteiger partial charge in [0, 0.05) is 0 Å². The van der Waals surface area contributed by atoms with Gasteiger partial charge in [-0.1, -0.05) is 12.1 Å². The molecule has 0 saturated carbocycles. The van der Waals surface area contributed by atoms with Gasteiger partial charge in [-0.05, 0) is 31.9 Å². The molecule has 2 heteroatoms. The van der Waals surface area contributed by atoms with Gasteiger partial charge >= 0.3 is 0 Å². The van der Waals surface area contributed by atoms with Gasteiger partial charge < -0.3 is 9.47 Å². The quantitative estimate of drug-likeness (QED) is 0.712. The Hall–Kier alpha value is -1.18. The first-order valence-electron chi connectivity index (χ1n) is 4.47. The second-order valence-electron chi connectivity index (χ2n) is 2.99. The molecule has 0 N–H and O–H groups in total. The minimum atomic E-state index is 0.667. The molecule has 0 bridgehead atoms. The topological polar surface area (TPSA) is 18.5 Å². The van der Waals surface area contributed by atoms with Crippen LogP contribution in [0.15, 0.2) is 12.1 Å². The summed E-state index contributed by atoms with van der Waals surface area (Å²) in [5, 5.41) is 0. The zero-order chi connectivity index (χ0) is 9.84. The van der Waals surface area contributed by atoms with Crippen LogP contribution in [0.25, 0.3) is 0 Å². The zero-order valence-corrected chi connectivity index (χ0v) is 8.68. The molecule has 0 radical (unpaired) electrons. The molecule has 0 aliphatic rings. The highest BCUT2D eigenvalue weighted by Crippen LogP contribution is 2.33. The normalized spacial score (nSPS) is 9.85. The van der Waals surface area contributed by atoms with E-state index in [1.54, 1.807) is 7.11 Å². The fourth-order valence-corrected chi connectivity index (χ4v) is 1.34. The van der Waals surface area contributed by atoms with E-state index in [1.165, 1.54) is 0 Å². The Bertz CT molecular complexity index is 292. The SMILES string of the molecule is CCOc1c(C)ccc(C)c1OC. The molecule has 0 spiro atoms. The highest BCUT2D eigenvalue weighted by atomic mass is 16.5. The second kappa shape index (κ2) is 4.17. The maximum Gasteiger partial charge on any atom is 0.164 e. The number of ether oxygens (including phenoxy) is 2. The lowest BCUT2D eigenvalue weighted by molar-refractivity contribution is 0.307. The van der Waals surface area contributed by atoms with Crippen molar-refractivity contribution in [3.8, 4) is 11.5 Å². The van der Waals surface area contributed by atoms with E-state index in [4.69, 9.17) is 9.47 Å². The zero-order valence-electron chi connectivity index (χ0n) is 8.68. The van der Waals surface area contributed by atoms with E-state index in [2.05, 4.69) is 0 Å². The summed E-state index contributed by atoms with van der Waals surface area (Å²) >= 11 is 0.